The van der Waals surface area contributed by atoms with Gasteiger partial charge < -0.3 is 14.8 Å². The van der Waals surface area contributed by atoms with E-state index in [0.717, 1.165) is 11.1 Å². The highest BCUT2D eigenvalue weighted by Crippen LogP contribution is 2.36. The van der Waals surface area contributed by atoms with Crippen LogP contribution in [0.15, 0.2) is 35.5 Å². The van der Waals surface area contributed by atoms with Gasteiger partial charge in [0.1, 0.15) is 12.6 Å². The molecule has 1 aromatic heterocycles. The highest BCUT2D eigenvalue weighted by atomic mass is 16.6. The number of tetrazole rings is 1. The van der Waals surface area contributed by atoms with Gasteiger partial charge in [0.05, 0.1) is 12.2 Å². The lowest BCUT2D eigenvalue weighted by atomic mass is 9.93. The van der Waals surface area contributed by atoms with E-state index >= 15 is 0 Å². The van der Waals surface area contributed by atoms with Crippen LogP contribution in [0.1, 0.15) is 24.1 Å². The number of hydrogen-bond acceptors (Lipinski definition) is 7. The minimum Gasteiger partial charge on any atom is -0.460 e. The number of aromatic nitrogens is 4. The van der Waals surface area contributed by atoms with Gasteiger partial charge in [0.15, 0.2) is 0 Å². The maximum Gasteiger partial charge on any atom is 0.338 e. The van der Waals surface area contributed by atoms with E-state index < -0.39 is 12.0 Å². The molecule has 0 bridgehead atoms. The molecule has 1 atom stereocenters. The Morgan fingerprint density at radius 2 is 2.08 bits per heavy atom. The molecule has 0 saturated carbocycles. The van der Waals surface area contributed by atoms with Crippen LogP contribution in [0.25, 0.3) is 0 Å². The zero-order valence-corrected chi connectivity index (χ0v) is 13.8. The molecule has 1 aromatic carbocycles. The molecule has 1 aliphatic rings. The molecule has 126 valence electrons. The molecular formula is C16H19N5O3. The monoisotopic (exact) mass is 329 g/mol. The third-order valence-electron chi connectivity index (χ3n) is 3.94. The summed E-state index contributed by atoms with van der Waals surface area (Å²) in [6.07, 6.45) is 0. The molecule has 2 heterocycles. The quantitative estimate of drug-likeness (QED) is 0.656. The zero-order valence-electron chi connectivity index (χ0n) is 13.8. The number of carbonyl (C=O) groups excluding carboxylic acids is 1. The van der Waals surface area contributed by atoms with Gasteiger partial charge >= 0.3 is 5.97 Å². The maximum absolute atomic E-state index is 12.7. The van der Waals surface area contributed by atoms with Crippen molar-refractivity contribution in [1.29, 1.82) is 0 Å². The van der Waals surface area contributed by atoms with Crippen molar-refractivity contribution in [2.45, 2.75) is 19.9 Å². The number of anilines is 1. The fourth-order valence-corrected chi connectivity index (χ4v) is 2.75. The molecule has 1 N–H and O–H groups in total. The first-order valence-electron chi connectivity index (χ1n) is 7.60. The van der Waals surface area contributed by atoms with Crippen molar-refractivity contribution in [3.05, 3.63) is 46.7 Å². The number of fused-ring (bicyclic) bond motifs is 1. The van der Waals surface area contributed by atoms with Gasteiger partial charge in [0.25, 0.3) is 0 Å². The molecule has 0 amide bonds. The van der Waals surface area contributed by atoms with E-state index in [0.29, 0.717) is 23.8 Å². The largest absolute Gasteiger partial charge is 0.460 e. The van der Waals surface area contributed by atoms with Gasteiger partial charge in [-0.2, -0.15) is 4.68 Å². The second-order valence-electron chi connectivity index (χ2n) is 5.50. The summed E-state index contributed by atoms with van der Waals surface area (Å²) in [5, 5.41) is 14.8. The van der Waals surface area contributed by atoms with Gasteiger partial charge in [-0.1, -0.05) is 29.4 Å². The average molecular weight is 329 g/mol. The summed E-state index contributed by atoms with van der Waals surface area (Å²) in [6.45, 7) is 4.34. The number of hydrogen-bond donors (Lipinski definition) is 1. The summed E-state index contributed by atoms with van der Waals surface area (Å²) >= 11 is 0. The van der Waals surface area contributed by atoms with Crippen molar-refractivity contribution in [1.82, 2.24) is 20.2 Å². The van der Waals surface area contributed by atoms with E-state index in [-0.39, 0.29) is 6.61 Å². The van der Waals surface area contributed by atoms with Gasteiger partial charge in [-0.3, -0.25) is 0 Å². The van der Waals surface area contributed by atoms with Gasteiger partial charge in [-0.05, 0) is 35.4 Å². The molecule has 0 radical (unpaired) electrons. The zero-order chi connectivity index (χ0) is 17.1. The van der Waals surface area contributed by atoms with E-state index in [1.54, 1.807) is 11.8 Å². The van der Waals surface area contributed by atoms with E-state index in [1.807, 2.05) is 38.1 Å². The highest BCUT2D eigenvalue weighted by molar-refractivity contribution is 5.92. The smallest absolute Gasteiger partial charge is 0.338 e. The Bertz CT molecular complexity index is 784. The second kappa shape index (κ2) is 6.79. The van der Waals surface area contributed by atoms with Crippen molar-refractivity contribution >= 4 is 11.9 Å². The molecule has 0 unspecified atom stereocenters. The summed E-state index contributed by atoms with van der Waals surface area (Å²) in [5.74, 6) is 0.0839. The number of aryl methyl sites for hydroxylation is 1. The van der Waals surface area contributed by atoms with Crippen molar-refractivity contribution in [2.75, 3.05) is 25.6 Å². The number of ether oxygens (including phenoxy) is 2. The summed E-state index contributed by atoms with van der Waals surface area (Å²) in [4.78, 5) is 12.7. The first-order valence-corrected chi connectivity index (χ1v) is 7.60. The highest BCUT2D eigenvalue weighted by Gasteiger charge is 2.35. The molecule has 0 saturated heterocycles. The van der Waals surface area contributed by atoms with Crippen LogP contribution in [0.2, 0.25) is 0 Å². The molecule has 3 rings (SSSR count). The summed E-state index contributed by atoms with van der Waals surface area (Å²) in [5.41, 5.74) is 3.15. The Labute approximate surface area is 139 Å². The third-order valence-corrected chi connectivity index (χ3v) is 3.94. The molecule has 1 aliphatic heterocycles. The molecule has 8 nitrogen and oxygen atoms in total. The van der Waals surface area contributed by atoms with Crippen LogP contribution in [0.4, 0.5) is 5.95 Å². The number of nitrogens with zero attached hydrogens (tertiary/aromatic N) is 4. The van der Waals surface area contributed by atoms with Gasteiger partial charge in [-0.25, -0.2) is 4.79 Å². The number of benzene rings is 1. The van der Waals surface area contributed by atoms with Crippen LogP contribution in [-0.4, -0.2) is 46.5 Å². The van der Waals surface area contributed by atoms with E-state index in [1.165, 1.54) is 0 Å². The lowest BCUT2D eigenvalue weighted by Gasteiger charge is -2.28. The van der Waals surface area contributed by atoms with Crippen molar-refractivity contribution in [3.8, 4) is 0 Å². The lowest BCUT2D eigenvalue weighted by molar-refractivity contribution is -0.140. The molecule has 2 aromatic rings. The first-order chi connectivity index (χ1) is 11.6. The molecular weight excluding hydrogens is 310 g/mol. The van der Waals surface area contributed by atoms with E-state index in [2.05, 4.69) is 20.8 Å². The summed E-state index contributed by atoms with van der Waals surface area (Å²) in [7, 11) is 1.56. The topological polar surface area (TPSA) is 91.2 Å². The Kier molecular flexibility index (Phi) is 4.57. The number of esters is 1. The third kappa shape index (κ3) is 2.88. The minimum atomic E-state index is -0.438. The predicted octanol–water partition coefficient (Wildman–Crippen LogP) is 1.46. The summed E-state index contributed by atoms with van der Waals surface area (Å²) < 4.78 is 11.9. The molecule has 8 heteroatoms. The second-order valence-corrected chi connectivity index (χ2v) is 5.50. The van der Waals surface area contributed by atoms with Crippen molar-refractivity contribution in [2.24, 2.45) is 0 Å². The normalized spacial score (nSPS) is 16.5. The van der Waals surface area contributed by atoms with E-state index in [9.17, 15) is 4.79 Å². The fourth-order valence-electron chi connectivity index (χ4n) is 2.75. The lowest BCUT2D eigenvalue weighted by Crippen LogP contribution is -2.30. The van der Waals surface area contributed by atoms with Crippen LogP contribution in [0.3, 0.4) is 0 Å². The van der Waals surface area contributed by atoms with Crippen molar-refractivity contribution < 1.29 is 14.3 Å². The van der Waals surface area contributed by atoms with Crippen LogP contribution < -0.4 is 5.32 Å². The van der Waals surface area contributed by atoms with Crippen LogP contribution in [-0.2, 0) is 14.3 Å². The van der Waals surface area contributed by atoms with Gasteiger partial charge in [0, 0.05) is 12.8 Å². The molecule has 0 aliphatic carbocycles. The SMILES string of the molecule is COCCOC(=O)C1=C(C)Nc2nnnn2[C@@H]1c1ccccc1C. The van der Waals surface area contributed by atoms with Crippen molar-refractivity contribution in [3.63, 3.8) is 0 Å². The number of rotatable bonds is 5. The van der Waals surface area contributed by atoms with Crippen LogP contribution in [0.5, 0.6) is 0 Å². The molecule has 24 heavy (non-hydrogen) atoms. The Morgan fingerprint density at radius 1 is 1.29 bits per heavy atom. The summed E-state index contributed by atoms with van der Waals surface area (Å²) in [6, 6.07) is 7.40. The maximum atomic E-state index is 12.7. The van der Waals surface area contributed by atoms with Crippen LogP contribution >= 0.6 is 0 Å². The van der Waals surface area contributed by atoms with E-state index in [4.69, 9.17) is 9.47 Å². The number of methoxy groups -OCH3 is 1. The van der Waals surface area contributed by atoms with Crippen LogP contribution in [0, 0.1) is 6.92 Å². The Morgan fingerprint density at radius 3 is 2.83 bits per heavy atom. The molecule has 0 fully saturated rings. The Balaban J connectivity index is 2.04. The van der Waals surface area contributed by atoms with Gasteiger partial charge in [0.2, 0.25) is 5.95 Å². The number of allylic oxidation sites excluding steroid dienone is 1. The standard InChI is InChI=1S/C16H19N5O3/c1-10-6-4-5-7-12(10)14-13(15(22)24-9-8-23-3)11(2)17-16-18-19-20-21(14)16/h4-7,14H,8-9H2,1-3H3,(H,17,18,20)/t14-/m1/s1. The van der Waals surface area contributed by atoms with Gasteiger partial charge in [-0.15, -0.1) is 0 Å². The minimum absolute atomic E-state index is 0.190. The number of carbonyl (C=O) groups is 1. The first kappa shape index (κ1) is 16.1. The fraction of sp³-hybridized carbons (Fsp3) is 0.375. The Hall–Kier alpha value is -2.74. The predicted molar refractivity (Wildman–Crippen MR) is 86.3 cm³/mol. The number of nitrogens with one attached hydrogen (secondary N) is 1. The molecule has 0 spiro atoms. The average Bonchev–Trinajstić information content (AvgIpc) is 3.02.